The molecular formula is C9H17NO3S. The quantitative estimate of drug-likeness (QED) is 0.632. The molecule has 1 saturated heterocycles. The Kier molecular flexibility index (Phi) is 2.36. The van der Waals surface area contributed by atoms with Gasteiger partial charge in [-0.1, -0.05) is 0 Å². The van der Waals surface area contributed by atoms with E-state index in [2.05, 4.69) is 0 Å². The fraction of sp³-hybridized carbons (Fsp3) is 1.00. The van der Waals surface area contributed by atoms with E-state index in [1.165, 1.54) is 0 Å². The van der Waals surface area contributed by atoms with Crippen molar-refractivity contribution in [1.29, 1.82) is 0 Å². The molecule has 2 aliphatic rings. The second kappa shape index (κ2) is 3.18. The molecule has 0 aromatic carbocycles. The number of hydrogen-bond donors (Lipinski definition) is 2. The minimum Gasteiger partial charge on any atom is -0.393 e. The van der Waals surface area contributed by atoms with Crippen LogP contribution in [0.4, 0.5) is 0 Å². The molecule has 2 rings (SSSR count). The van der Waals surface area contributed by atoms with Gasteiger partial charge < -0.3 is 10.8 Å². The molecule has 14 heavy (non-hydrogen) atoms. The summed E-state index contributed by atoms with van der Waals surface area (Å²) >= 11 is 0. The average molecular weight is 219 g/mol. The van der Waals surface area contributed by atoms with Gasteiger partial charge in [0, 0.05) is 5.54 Å². The van der Waals surface area contributed by atoms with Gasteiger partial charge in [0.15, 0.2) is 9.84 Å². The van der Waals surface area contributed by atoms with Crippen molar-refractivity contribution in [1.82, 2.24) is 0 Å². The zero-order valence-corrected chi connectivity index (χ0v) is 8.96. The molecule has 0 aromatic rings. The summed E-state index contributed by atoms with van der Waals surface area (Å²) in [5.74, 6) is 0.586. The molecule has 1 unspecified atom stereocenters. The molecule has 0 bridgehead atoms. The fourth-order valence-corrected chi connectivity index (χ4v) is 4.51. The molecule has 4 nitrogen and oxygen atoms in total. The Morgan fingerprint density at radius 3 is 2.50 bits per heavy atom. The number of rotatable bonds is 1. The van der Waals surface area contributed by atoms with Crippen LogP contribution >= 0.6 is 0 Å². The molecule has 0 spiro atoms. The van der Waals surface area contributed by atoms with E-state index in [0.29, 0.717) is 18.6 Å². The first-order valence-corrected chi connectivity index (χ1v) is 6.91. The third kappa shape index (κ3) is 1.81. The van der Waals surface area contributed by atoms with Gasteiger partial charge in [-0.2, -0.15) is 0 Å². The number of sulfone groups is 1. The average Bonchev–Trinajstić information content (AvgIpc) is 1.99. The van der Waals surface area contributed by atoms with Crippen LogP contribution < -0.4 is 5.73 Å². The summed E-state index contributed by atoms with van der Waals surface area (Å²) in [7, 11) is -2.87. The summed E-state index contributed by atoms with van der Waals surface area (Å²) in [6.45, 7) is 0. The molecule has 1 aliphatic heterocycles. The van der Waals surface area contributed by atoms with Crippen LogP contribution in [0.15, 0.2) is 0 Å². The van der Waals surface area contributed by atoms with Gasteiger partial charge in [-0.05, 0) is 31.6 Å². The first kappa shape index (κ1) is 10.4. The molecule has 1 aliphatic carbocycles. The topological polar surface area (TPSA) is 80.4 Å². The lowest BCUT2D eigenvalue weighted by Crippen LogP contribution is -2.61. The van der Waals surface area contributed by atoms with Crippen molar-refractivity contribution < 1.29 is 13.5 Å². The summed E-state index contributed by atoms with van der Waals surface area (Å²) in [5.41, 5.74) is 5.65. The fourth-order valence-electron chi connectivity index (χ4n) is 2.63. The van der Waals surface area contributed by atoms with E-state index >= 15 is 0 Å². The lowest BCUT2D eigenvalue weighted by molar-refractivity contribution is -0.00639. The normalized spacial score (nSPS) is 47.0. The molecule has 3 N–H and O–H groups in total. The van der Waals surface area contributed by atoms with Crippen molar-refractivity contribution in [3.63, 3.8) is 0 Å². The molecule has 2 fully saturated rings. The summed E-state index contributed by atoms with van der Waals surface area (Å²) in [6, 6.07) is 0. The molecule has 1 atom stereocenters. The highest BCUT2D eigenvalue weighted by Gasteiger charge is 2.48. The standard InChI is InChI=1S/C9H17NO3S/c10-9(4-8(11)5-9)7-2-1-3-14(12,13)6-7/h7-8,11H,1-6,10H2. The Morgan fingerprint density at radius 1 is 1.36 bits per heavy atom. The number of nitrogens with two attached hydrogens (primary N) is 1. The van der Waals surface area contributed by atoms with Gasteiger partial charge in [-0.15, -0.1) is 0 Å². The third-order valence-electron chi connectivity index (χ3n) is 3.51. The Labute approximate surface area is 84.4 Å². The van der Waals surface area contributed by atoms with Crippen LogP contribution in [0.1, 0.15) is 25.7 Å². The minimum absolute atomic E-state index is 0.0599. The molecule has 0 radical (unpaired) electrons. The van der Waals surface area contributed by atoms with Gasteiger partial charge in [0.25, 0.3) is 0 Å². The van der Waals surface area contributed by atoms with Crippen LogP contribution in [0.2, 0.25) is 0 Å². The van der Waals surface area contributed by atoms with Gasteiger partial charge in [0.2, 0.25) is 0 Å². The van der Waals surface area contributed by atoms with Crippen molar-refractivity contribution in [3.05, 3.63) is 0 Å². The number of aliphatic hydroxyl groups excluding tert-OH is 1. The van der Waals surface area contributed by atoms with Gasteiger partial charge in [-0.25, -0.2) is 8.42 Å². The Morgan fingerprint density at radius 2 is 2.00 bits per heavy atom. The van der Waals surface area contributed by atoms with Crippen LogP contribution in [0.5, 0.6) is 0 Å². The molecule has 82 valence electrons. The SMILES string of the molecule is NC1(C2CCCS(=O)(=O)C2)CC(O)C1. The highest BCUT2D eigenvalue weighted by Crippen LogP contribution is 2.40. The summed E-state index contributed by atoms with van der Waals surface area (Å²) in [5, 5.41) is 9.21. The Hall–Kier alpha value is -0.130. The van der Waals surface area contributed by atoms with E-state index in [1.807, 2.05) is 0 Å². The van der Waals surface area contributed by atoms with E-state index in [9.17, 15) is 13.5 Å². The van der Waals surface area contributed by atoms with Crippen LogP contribution in [-0.4, -0.2) is 36.7 Å². The lowest BCUT2D eigenvalue weighted by atomic mass is 9.66. The van der Waals surface area contributed by atoms with Gasteiger partial charge in [0.05, 0.1) is 17.6 Å². The van der Waals surface area contributed by atoms with E-state index < -0.39 is 15.4 Å². The first-order chi connectivity index (χ1) is 6.41. The smallest absolute Gasteiger partial charge is 0.150 e. The van der Waals surface area contributed by atoms with Crippen LogP contribution in [0.3, 0.4) is 0 Å². The van der Waals surface area contributed by atoms with E-state index in [1.54, 1.807) is 0 Å². The third-order valence-corrected chi connectivity index (χ3v) is 5.33. The zero-order chi connectivity index (χ0) is 10.4. The Bertz CT molecular complexity index is 319. The van der Waals surface area contributed by atoms with Crippen molar-refractivity contribution in [2.75, 3.05) is 11.5 Å². The largest absolute Gasteiger partial charge is 0.393 e. The molecular weight excluding hydrogens is 202 g/mol. The van der Waals surface area contributed by atoms with Gasteiger partial charge >= 0.3 is 0 Å². The second-order valence-corrected chi connectivity index (χ2v) is 6.98. The molecule has 1 heterocycles. The summed E-state index contributed by atoms with van der Waals surface area (Å²) in [4.78, 5) is 0. The molecule has 0 amide bonds. The van der Waals surface area contributed by atoms with E-state index in [0.717, 1.165) is 12.8 Å². The highest BCUT2D eigenvalue weighted by atomic mass is 32.2. The Balaban J connectivity index is 2.05. The van der Waals surface area contributed by atoms with E-state index in [-0.39, 0.29) is 17.8 Å². The van der Waals surface area contributed by atoms with Crippen LogP contribution in [0, 0.1) is 5.92 Å². The maximum atomic E-state index is 11.4. The number of hydrogen-bond acceptors (Lipinski definition) is 4. The maximum Gasteiger partial charge on any atom is 0.150 e. The van der Waals surface area contributed by atoms with Crippen molar-refractivity contribution >= 4 is 9.84 Å². The van der Waals surface area contributed by atoms with E-state index in [4.69, 9.17) is 5.73 Å². The zero-order valence-electron chi connectivity index (χ0n) is 8.15. The van der Waals surface area contributed by atoms with Crippen LogP contribution in [-0.2, 0) is 9.84 Å². The van der Waals surface area contributed by atoms with Crippen LogP contribution in [0.25, 0.3) is 0 Å². The predicted octanol–water partition coefficient (Wildman–Crippen LogP) is -0.337. The first-order valence-electron chi connectivity index (χ1n) is 5.09. The monoisotopic (exact) mass is 219 g/mol. The van der Waals surface area contributed by atoms with Gasteiger partial charge in [0.1, 0.15) is 0 Å². The molecule has 5 heteroatoms. The number of aliphatic hydroxyl groups is 1. The highest BCUT2D eigenvalue weighted by molar-refractivity contribution is 7.91. The van der Waals surface area contributed by atoms with Crippen molar-refractivity contribution in [3.8, 4) is 0 Å². The lowest BCUT2D eigenvalue weighted by Gasteiger charge is -2.48. The van der Waals surface area contributed by atoms with Gasteiger partial charge in [-0.3, -0.25) is 0 Å². The van der Waals surface area contributed by atoms with Crippen molar-refractivity contribution in [2.45, 2.75) is 37.3 Å². The molecule has 1 saturated carbocycles. The van der Waals surface area contributed by atoms with Crippen molar-refractivity contribution in [2.24, 2.45) is 11.7 Å². The minimum atomic E-state index is -2.87. The summed E-state index contributed by atoms with van der Waals surface area (Å²) in [6.07, 6.45) is 2.43. The molecule has 0 aromatic heterocycles. The predicted molar refractivity (Wildman–Crippen MR) is 53.5 cm³/mol. The second-order valence-electron chi connectivity index (χ2n) is 4.75. The maximum absolute atomic E-state index is 11.4. The summed E-state index contributed by atoms with van der Waals surface area (Å²) < 4.78 is 22.8.